The van der Waals surface area contributed by atoms with Gasteiger partial charge in [-0.15, -0.1) is 0 Å². The predicted octanol–water partition coefficient (Wildman–Crippen LogP) is 2.68. The van der Waals surface area contributed by atoms with E-state index in [1.54, 1.807) is 31.2 Å². The van der Waals surface area contributed by atoms with Gasteiger partial charge in [-0.2, -0.15) is 0 Å². The van der Waals surface area contributed by atoms with Gasteiger partial charge in [0.05, 0.1) is 11.9 Å². The van der Waals surface area contributed by atoms with Crippen LogP contribution >= 0.6 is 0 Å². The lowest BCUT2D eigenvalue weighted by molar-refractivity contribution is -0.122. The first kappa shape index (κ1) is 17.8. The summed E-state index contributed by atoms with van der Waals surface area (Å²) in [6, 6.07) is 8.15. The second-order valence-electron chi connectivity index (χ2n) is 6.27. The van der Waals surface area contributed by atoms with Crippen LogP contribution in [0.15, 0.2) is 30.3 Å². The largest absolute Gasteiger partial charge is 0.352 e. The van der Waals surface area contributed by atoms with Crippen LogP contribution in [0.3, 0.4) is 0 Å². The highest BCUT2D eigenvalue weighted by atomic mass is 32.2. The van der Waals surface area contributed by atoms with Crippen molar-refractivity contribution in [2.24, 2.45) is 0 Å². The minimum Gasteiger partial charge on any atom is -0.352 e. The Morgan fingerprint density at radius 2 is 1.70 bits per heavy atom. The highest BCUT2D eigenvalue weighted by molar-refractivity contribution is 7.92. The first-order valence-electron chi connectivity index (χ1n) is 8.24. The van der Waals surface area contributed by atoms with Crippen LogP contribution in [0.4, 0.5) is 5.69 Å². The van der Waals surface area contributed by atoms with Gasteiger partial charge in [-0.25, -0.2) is 8.42 Å². The minimum absolute atomic E-state index is 0.157. The summed E-state index contributed by atoms with van der Waals surface area (Å²) >= 11 is 0. The average molecular weight is 338 g/mol. The Kier molecular flexibility index (Phi) is 6.04. The maximum atomic E-state index is 12.6. The molecule has 1 atom stereocenters. The third-order valence-electron chi connectivity index (χ3n) is 4.30. The van der Waals surface area contributed by atoms with Crippen LogP contribution in [0, 0.1) is 0 Å². The number of carbonyl (C=O) groups excluding carboxylic acids is 1. The van der Waals surface area contributed by atoms with Crippen molar-refractivity contribution in [2.45, 2.75) is 57.5 Å². The van der Waals surface area contributed by atoms with Crippen molar-refractivity contribution in [3.05, 3.63) is 30.3 Å². The van der Waals surface area contributed by atoms with Gasteiger partial charge in [0.15, 0.2) is 0 Å². The summed E-state index contributed by atoms with van der Waals surface area (Å²) in [6.45, 7) is 1.64. The first-order chi connectivity index (χ1) is 10.9. The lowest BCUT2D eigenvalue weighted by Crippen LogP contribution is -2.50. The molecule has 1 aliphatic carbocycles. The van der Waals surface area contributed by atoms with E-state index in [2.05, 4.69) is 5.32 Å². The molecule has 0 saturated heterocycles. The topological polar surface area (TPSA) is 66.5 Å². The molecule has 0 heterocycles. The van der Waals surface area contributed by atoms with Crippen molar-refractivity contribution in [1.29, 1.82) is 0 Å². The van der Waals surface area contributed by atoms with Crippen LogP contribution in [-0.4, -0.2) is 32.7 Å². The summed E-state index contributed by atoms with van der Waals surface area (Å²) in [5, 5.41) is 3.04. The molecule has 1 N–H and O–H groups in total. The van der Waals surface area contributed by atoms with E-state index in [9.17, 15) is 13.2 Å². The van der Waals surface area contributed by atoms with Crippen molar-refractivity contribution in [3.8, 4) is 0 Å². The number of carbonyl (C=O) groups is 1. The molecule has 5 nitrogen and oxygen atoms in total. The molecule has 1 aromatic rings. The molecule has 0 spiro atoms. The van der Waals surface area contributed by atoms with Crippen molar-refractivity contribution in [2.75, 3.05) is 10.6 Å². The van der Waals surface area contributed by atoms with E-state index < -0.39 is 16.1 Å². The van der Waals surface area contributed by atoms with Gasteiger partial charge in [0, 0.05) is 6.04 Å². The van der Waals surface area contributed by atoms with Gasteiger partial charge in [-0.3, -0.25) is 9.10 Å². The monoisotopic (exact) mass is 338 g/mol. The van der Waals surface area contributed by atoms with Gasteiger partial charge in [0.25, 0.3) is 0 Å². The smallest absolute Gasteiger partial charge is 0.243 e. The molecule has 128 valence electrons. The number of nitrogens with one attached hydrogen (secondary N) is 1. The second kappa shape index (κ2) is 7.81. The molecular formula is C17H26N2O3S. The third-order valence-corrected chi connectivity index (χ3v) is 5.54. The molecule has 0 bridgehead atoms. The van der Waals surface area contributed by atoms with Crippen LogP contribution in [0.25, 0.3) is 0 Å². The van der Waals surface area contributed by atoms with Crippen molar-refractivity contribution < 1.29 is 13.2 Å². The summed E-state index contributed by atoms with van der Waals surface area (Å²) in [6.07, 6.45) is 7.74. The molecule has 1 fully saturated rings. The molecule has 1 saturated carbocycles. The maximum Gasteiger partial charge on any atom is 0.243 e. The number of hydrogen-bond donors (Lipinski definition) is 1. The van der Waals surface area contributed by atoms with Crippen LogP contribution in [-0.2, 0) is 14.8 Å². The van der Waals surface area contributed by atoms with Crippen molar-refractivity contribution in [1.82, 2.24) is 5.32 Å². The lowest BCUT2D eigenvalue weighted by atomic mass is 10.1. The molecule has 2 rings (SSSR count). The zero-order valence-corrected chi connectivity index (χ0v) is 14.7. The van der Waals surface area contributed by atoms with Gasteiger partial charge in [0.1, 0.15) is 6.04 Å². The van der Waals surface area contributed by atoms with Crippen LogP contribution in [0.2, 0.25) is 0 Å². The molecule has 0 unspecified atom stereocenters. The number of anilines is 1. The summed E-state index contributed by atoms with van der Waals surface area (Å²) in [5.41, 5.74) is 0.513. The Morgan fingerprint density at radius 1 is 1.13 bits per heavy atom. The van der Waals surface area contributed by atoms with Gasteiger partial charge >= 0.3 is 0 Å². The molecular weight excluding hydrogens is 312 g/mol. The Hall–Kier alpha value is -1.56. The Labute approximate surface area is 139 Å². The highest BCUT2D eigenvalue weighted by Crippen LogP contribution is 2.21. The lowest BCUT2D eigenvalue weighted by Gasteiger charge is -2.29. The van der Waals surface area contributed by atoms with E-state index in [-0.39, 0.29) is 11.9 Å². The third kappa shape index (κ3) is 4.96. The Bertz CT molecular complexity index is 608. The van der Waals surface area contributed by atoms with E-state index in [4.69, 9.17) is 0 Å². The zero-order valence-electron chi connectivity index (χ0n) is 13.9. The van der Waals surface area contributed by atoms with Crippen LogP contribution < -0.4 is 9.62 Å². The number of nitrogens with zero attached hydrogens (tertiary/aromatic N) is 1. The molecule has 0 radical (unpaired) electrons. The fourth-order valence-corrected chi connectivity index (χ4v) is 4.30. The van der Waals surface area contributed by atoms with E-state index >= 15 is 0 Å². The number of sulfonamides is 1. The molecule has 1 aromatic carbocycles. The van der Waals surface area contributed by atoms with E-state index in [0.717, 1.165) is 31.9 Å². The van der Waals surface area contributed by atoms with Gasteiger partial charge in [0.2, 0.25) is 15.9 Å². The van der Waals surface area contributed by atoms with Crippen molar-refractivity contribution >= 4 is 21.6 Å². The number of hydrogen-bond acceptors (Lipinski definition) is 3. The molecule has 23 heavy (non-hydrogen) atoms. The number of rotatable bonds is 5. The average Bonchev–Trinajstić information content (AvgIpc) is 2.75. The summed E-state index contributed by atoms with van der Waals surface area (Å²) in [5.74, 6) is -0.230. The first-order valence-corrected chi connectivity index (χ1v) is 10.1. The SMILES string of the molecule is C[C@H](C(=O)NC1CCCCCC1)N(c1ccccc1)S(C)(=O)=O. The van der Waals surface area contributed by atoms with Gasteiger partial charge < -0.3 is 5.32 Å². The Balaban J connectivity index is 2.13. The number of amides is 1. The van der Waals surface area contributed by atoms with Gasteiger partial charge in [-0.1, -0.05) is 43.9 Å². The normalized spacial score (nSPS) is 18.0. The van der Waals surface area contributed by atoms with Crippen LogP contribution in [0.5, 0.6) is 0 Å². The molecule has 0 aliphatic heterocycles. The number of benzene rings is 1. The summed E-state index contributed by atoms with van der Waals surface area (Å²) in [7, 11) is -3.54. The summed E-state index contributed by atoms with van der Waals surface area (Å²) in [4.78, 5) is 12.6. The maximum absolute atomic E-state index is 12.6. The fraction of sp³-hybridized carbons (Fsp3) is 0.588. The van der Waals surface area contributed by atoms with E-state index in [0.29, 0.717) is 5.69 Å². The molecule has 6 heteroatoms. The zero-order chi connectivity index (χ0) is 16.9. The molecule has 1 aliphatic rings. The fourth-order valence-electron chi connectivity index (χ4n) is 3.13. The minimum atomic E-state index is -3.54. The second-order valence-corrected chi connectivity index (χ2v) is 8.13. The Morgan fingerprint density at radius 3 is 2.22 bits per heavy atom. The van der Waals surface area contributed by atoms with Crippen molar-refractivity contribution in [3.63, 3.8) is 0 Å². The quantitative estimate of drug-likeness (QED) is 0.840. The van der Waals surface area contributed by atoms with E-state index in [1.807, 2.05) is 6.07 Å². The standard InChI is InChI=1S/C17H26N2O3S/c1-14(17(20)18-15-10-6-3-4-7-11-15)19(23(2,21)22)16-12-8-5-9-13-16/h5,8-9,12-15H,3-4,6-7,10-11H2,1-2H3,(H,18,20)/t14-/m1/s1. The molecule has 1 amide bonds. The summed E-state index contributed by atoms with van der Waals surface area (Å²) < 4.78 is 25.5. The predicted molar refractivity (Wildman–Crippen MR) is 92.9 cm³/mol. The number of para-hydroxylation sites is 1. The van der Waals surface area contributed by atoms with E-state index in [1.165, 1.54) is 17.1 Å². The molecule has 0 aromatic heterocycles. The highest BCUT2D eigenvalue weighted by Gasteiger charge is 2.30. The van der Waals surface area contributed by atoms with Crippen LogP contribution in [0.1, 0.15) is 45.4 Å². The van der Waals surface area contributed by atoms with Gasteiger partial charge in [-0.05, 0) is 31.9 Å².